The van der Waals surface area contributed by atoms with Crippen LogP contribution in [-0.2, 0) is 15.7 Å². The van der Waals surface area contributed by atoms with Crippen LogP contribution in [0.2, 0.25) is 5.02 Å². The Hall–Kier alpha value is -3.91. The minimum Gasteiger partial charge on any atom is -0.403 e. The molecule has 0 aliphatic carbocycles. The summed E-state index contributed by atoms with van der Waals surface area (Å²) in [5.41, 5.74) is -2.70. The fraction of sp³-hybridized carbons (Fsp3) is 0.407. The molecular formula is C27H23ClF8N6O5. The molecule has 11 nitrogen and oxygen atoms in total. The fourth-order valence-corrected chi connectivity index (χ4v) is 5.43. The smallest absolute Gasteiger partial charge is 0.403 e. The van der Waals surface area contributed by atoms with Crippen LogP contribution in [0.25, 0.3) is 16.8 Å². The number of nitrogens with zero attached hydrogens (tertiary/aromatic N) is 6. The van der Waals surface area contributed by atoms with Gasteiger partial charge in [-0.1, -0.05) is 11.6 Å². The summed E-state index contributed by atoms with van der Waals surface area (Å²) in [6.07, 6.45) is -14.5. The van der Waals surface area contributed by atoms with Gasteiger partial charge in [0.25, 0.3) is 0 Å². The summed E-state index contributed by atoms with van der Waals surface area (Å²) >= 11 is 5.97. The Labute approximate surface area is 264 Å². The molecule has 0 saturated carbocycles. The van der Waals surface area contributed by atoms with Gasteiger partial charge in [0, 0.05) is 30.6 Å². The third kappa shape index (κ3) is 6.75. The summed E-state index contributed by atoms with van der Waals surface area (Å²) in [4.78, 5) is 7.58. The number of hydrogen-bond acceptors (Lipinski definition) is 9. The fourth-order valence-electron chi connectivity index (χ4n) is 5.28. The van der Waals surface area contributed by atoms with E-state index in [1.54, 1.807) is 0 Å². The number of aliphatic hydroxyl groups is 2. The highest BCUT2D eigenvalue weighted by Gasteiger charge is 2.51. The summed E-state index contributed by atoms with van der Waals surface area (Å²) in [6.45, 7) is 2.68. The van der Waals surface area contributed by atoms with E-state index in [0.29, 0.717) is 6.07 Å². The molecule has 1 aliphatic heterocycles. The van der Waals surface area contributed by atoms with Crippen LogP contribution in [0.1, 0.15) is 36.4 Å². The zero-order chi connectivity index (χ0) is 34.6. The molecule has 1 aromatic carbocycles. The predicted octanol–water partition coefficient (Wildman–Crippen LogP) is 5.12. The highest BCUT2D eigenvalue weighted by atomic mass is 35.5. The first-order chi connectivity index (χ1) is 21.9. The van der Waals surface area contributed by atoms with E-state index in [0.717, 1.165) is 40.1 Å². The molecule has 6 atom stereocenters. The first kappa shape index (κ1) is 34.4. The van der Waals surface area contributed by atoms with Gasteiger partial charge in [-0.05, 0) is 32.0 Å². The van der Waals surface area contributed by atoms with Crippen molar-refractivity contribution in [3.8, 4) is 22.6 Å². The van der Waals surface area contributed by atoms with Crippen molar-refractivity contribution in [1.29, 1.82) is 0 Å². The highest BCUT2D eigenvalue weighted by molar-refractivity contribution is 6.30. The number of halogens is 9. The van der Waals surface area contributed by atoms with Gasteiger partial charge in [0.2, 0.25) is 5.82 Å². The molecule has 0 radical (unpaired) electrons. The lowest BCUT2D eigenvalue weighted by Gasteiger charge is -2.45. The molecule has 4 aromatic rings. The van der Waals surface area contributed by atoms with Crippen molar-refractivity contribution in [1.82, 2.24) is 29.5 Å². The molecular weight excluding hydrogens is 676 g/mol. The normalized spacial score (nSPS) is 22.8. The first-order valence-electron chi connectivity index (χ1n) is 13.4. The third-order valence-electron chi connectivity index (χ3n) is 7.19. The van der Waals surface area contributed by atoms with Crippen molar-refractivity contribution in [3.05, 3.63) is 70.8 Å². The van der Waals surface area contributed by atoms with E-state index in [-0.39, 0.29) is 22.2 Å². The summed E-state index contributed by atoms with van der Waals surface area (Å²) in [7, 11) is 1.21. The topological polar surface area (TPSA) is 130 Å². The number of benzene rings is 1. The number of ether oxygens (including phenoxy) is 3. The van der Waals surface area contributed by atoms with Crippen LogP contribution in [0.3, 0.4) is 0 Å². The molecule has 2 N–H and O–H groups in total. The monoisotopic (exact) mass is 698 g/mol. The van der Waals surface area contributed by atoms with Gasteiger partial charge in [-0.3, -0.25) is 4.68 Å². The maximum absolute atomic E-state index is 14.9. The van der Waals surface area contributed by atoms with Crippen LogP contribution in [0.5, 0.6) is 5.75 Å². The van der Waals surface area contributed by atoms with E-state index in [9.17, 15) is 45.3 Å². The van der Waals surface area contributed by atoms with Gasteiger partial charge in [0.15, 0.2) is 23.1 Å². The molecule has 4 unspecified atom stereocenters. The molecule has 0 spiro atoms. The summed E-state index contributed by atoms with van der Waals surface area (Å²) in [5.74, 6) is -5.42. The zero-order valence-electron chi connectivity index (χ0n) is 24.1. The summed E-state index contributed by atoms with van der Waals surface area (Å²) in [5, 5.41) is 30.3. The maximum Gasteiger partial charge on any atom is 0.573 e. The number of alkyl halides is 6. The van der Waals surface area contributed by atoms with E-state index in [4.69, 9.17) is 21.1 Å². The number of aryl methyl sites for hydroxylation is 1. The van der Waals surface area contributed by atoms with E-state index in [1.807, 2.05) is 0 Å². The lowest BCUT2D eigenvalue weighted by Crippen LogP contribution is -2.56. The van der Waals surface area contributed by atoms with Gasteiger partial charge < -0.3 is 24.4 Å². The maximum atomic E-state index is 14.9. The van der Waals surface area contributed by atoms with E-state index < -0.39 is 83.4 Å². The predicted molar refractivity (Wildman–Crippen MR) is 143 cm³/mol. The van der Waals surface area contributed by atoms with Crippen LogP contribution in [0, 0.1) is 18.6 Å². The van der Waals surface area contributed by atoms with Crippen LogP contribution >= 0.6 is 11.6 Å². The van der Waals surface area contributed by atoms with Crippen molar-refractivity contribution >= 4 is 11.6 Å². The molecule has 47 heavy (non-hydrogen) atoms. The highest BCUT2D eigenvalue weighted by Crippen LogP contribution is 2.42. The molecule has 254 valence electrons. The quantitative estimate of drug-likeness (QED) is 0.253. The van der Waals surface area contributed by atoms with Gasteiger partial charge in [0.05, 0.1) is 23.0 Å². The van der Waals surface area contributed by atoms with Gasteiger partial charge in [0.1, 0.15) is 36.3 Å². The van der Waals surface area contributed by atoms with Crippen molar-refractivity contribution in [3.63, 3.8) is 0 Å². The minimum atomic E-state index is -5.29. The SMILES string of the molecule is CO[C@H]1C(C(C)O)O[C@@H](c2nc(C)nn2-c2cc(Cl)cnc2C(F)(F)F)C(O)C1n1cc(-c2ccc(OC(F)(F)F)c(F)c2F)cn1. The molecule has 5 rings (SSSR count). The second-order valence-electron chi connectivity index (χ2n) is 10.4. The number of aliphatic hydroxyl groups excluding tert-OH is 2. The van der Waals surface area contributed by atoms with Gasteiger partial charge >= 0.3 is 12.5 Å². The van der Waals surface area contributed by atoms with Crippen molar-refractivity contribution in [2.45, 2.75) is 62.9 Å². The lowest BCUT2D eigenvalue weighted by molar-refractivity contribution is -0.275. The Morgan fingerprint density at radius 2 is 1.79 bits per heavy atom. The van der Waals surface area contributed by atoms with Crippen LogP contribution in [0.15, 0.2) is 36.8 Å². The lowest BCUT2D eigenvalue weighted by atomic mass is 9.89. The van der Waals surface area contributed by atoms with Gasteiger partial charge in [-0.25, -0.2) is 19.0 Å². The van der Waals surface area contributed by atoms with Crippen LogP contribution < -0.4 is 4.74 Å². The molecule has 0 amide bonds. The Kier molecular flexibility index (Phi) is 9.23. The standard InChI is InChI=1S/C27H23ClF8N6O5/c1-10(43)21-22(45-3)19(41-9-12(7-38-41)14-4-5-16(18(30)17(14)29)47-27(34,35)36)20(44)23(46-21)25-39-11(2)40-42(25)15-6-13(28)8-37-24(15)26(31,32)33/h4-10,19-23,43-44H,1-3H3/t10?,19?,20?,21?,22-,23-/m1/s1. The zero-order valence-corrected chi connectivity index (χ0v) is 24.9. The van der Waals surface area contributed by atoms with Crippen LogP contribution in [0.4, 0.5) is 35.1 Å². The first-order valence-corrected chi connectivity index (χ1v) is 13.8. The van der Waals surface area contributed by atoms with E-state index in [1.165, 1.54) is 21.0 Å². The van der Waals surface area contributed by atoms with Crippen LogP contribution in [-0.4, -0.2) is 77.6 Å². The van der Waals surface area contributed by atoms with E-state index >= 15 is 0 Å². The Morgan fingerprint density at radius 3 is 2.40 bits per heavy atom. The van der Waals surface area contributed by atoms with E-state index in [2.05, 4.69) is 24.9 Å². The number of aromatic nitrogens is 6. The average Bonchev–Trinajstić information content (AvgIpc) is 3.60. The number of rotatable bonds is 7. The number of methoxy groups -OCH3 is 1. The molecule has 1 saturated heterocycles. The average molecular weight is 699 g/mol. The molecule has 20 heteroatoms. The minimum absolute atomic E-state index is 0.0419. The Morgan fingerprint density at radius 1 is 1.09 bits per heavy atom. The molecule has 0 bridgehead atoms. The molecule has 1 aliphatic rings. The van der Waals surface area contributed by atoms with Gasteiger partial charge in [-0.15, -0.1) is 13.2 Å². The Bertz CT molecular complexity index is 1760. The summed E-state index contributed by atoms with van der Waals surface area (Å²) < 4.78 is 126. The number of hydrogen-bond donors (Lipinski definition) is 2. The molecule has 3 aromatic heterocycles. The molecule has 1 fully saturated rings. The molecule has 4 heterocycles. The largest absolute Gasteiger partial charge is 0.573 e. The van der Waals surface area contributed by atoms with Gasteiger partial charge in [-0.2, -0.15) is 27.8 Å². The van der Waals surface area contributed by atoms with Crippen molar-refractivity contribution in [2.24, 2.45) is 0 Å². The number of pyridine rings is 1. The second kappa shape index (κ2) is 12.6. The Balaban J connectivity index is 1.59. The summed E-state index contributed by atoms with van der Waals surface area (Å²) in [6, 6.07) is 0.982. The second-order valence-corrected chi connectivity index (χ2v) is 10.8. The third-order valence-corrected chi connectivity index (χ3v) is 7.39. The van der Waals surface area contributed by atoms with Crippen molar-refractivity contribution < 1.29 is 59.5 Å². The van der Waals surface area contributed by atoms with Crippen molar-refractivity contribution in [2.75, 3.05) is 7.11 Å².